The van der Waals surface area contributed by atoms with E-state index in [9.17, 15) is 9.90 Å². The van der Waals surface area contributed by atoms with Crippen molar-refractivity contribution in [2.24, 2.45) is 10.9 Å². The summed E-state index contributed by atoms with van der Waals surface area (Å²) in [5.41, 5.74) is 2.59. The molecule has 2 aliphatic rings. The third-order valence-electron chi connectivity index (χ3n) is 5.91. The highest BCUT2D eigenvalue weighted by Gasteiger charge is 2.29. The second-order valence-electron chi connectivity index (χ2n) is 8.12. The Hall–Kier alpha value is -2.47. The Morgan fingerprint density at radius 2 is 1.93 bits per heavy atom. The van der Waals surface area contributed by atoms with E-state index < -0.39 is 6.10 Å². The number of aromatic nitrogens is 2. The molecule has 6 nitrogen and oxygen atoms in total. The quantitative estimate of drug-likeness (QED) is 0.769. The van der Waals surface area contributed by atoms with Crippen molar-refractivity contribution in [3.8, 4) is 11.8 Å². The van der Waals surface area contributed by atoms with Crippen molar-refractivity contribution >= 4 is 11.5 Å². The summed E-state index contributed by atoms with van der Waals surface area (Å²) in [7, 11) is 0. The van der Waals surface area contributed by atoms with Gasteiger partial charge in [0.15, 0.2) is 5.82 Å². The zero-order chi connectivity index (χ0) is 20.4. The number of aliphatic imine (C=N–C) groups is 1. The molecular weight excluding hydrogens is 366 g/mol. The molecule has 1 aliphatic carbocycles. The number of fused-ring (bicyclic) bond motifs is 1. The largest absolute Gasteiger partial charge is 0.425 e. The van der Waals surface area contributed by atoms with Gasteiger partial charge in [-0.3, -0.25) is 9.36 Å². The molecule has 1 unspecified atom stereocenters. The summed E-state index contributed by atoms with van der Waals surface area (Å²) in [6.45, 7) is 4.31. The fraction of sp³-hybridized carbons (Fsp3) is 0.522. The Kier molecular flexibility index (Phi) is 5.81. The normalized spacial score (nSPS) is 17.7. The van der Waals surface area contributed by atoms with Crippen molar-refractivity contribution < 1.29 is 9.84 Å². The minimum absolute atomic E-state index is 0.0398. The second kappa shape index (κ2) is 8.49. The lowest BCUT2D eigenvalue weighted by molar-refractivity contribution is 0.199. The van der Waals surface area contributed by atoms with E-state index in [2.05, 4.69) is 4.98 Å². The maximum Gasteiger partial charge on any atom is 0.306 e. The number of hydrogen-bond acceptors (Lipinski definition) is 5. The maximum atomic E-state index is 13.2. The lowest BCUT2D eigenvalue weighted by Crippen LogP contribution is -2.27. The highest BCUT2D eigenvalue weighted by molar-refractivity contribution is 5.94. The number of aliphatic hydroxyl groups is 1. The van der Waals surface area contributed by atoms with E-state index in [1.165, 1.54) is 19.3 Å². The average Bonchev–Trinajstić information content (AvgIpc) is 3.16. The number of aliphatic hydroxyl groups excluding tert-OH is 1. The van der Waals surface area contributed by atoms with Crippen molar-refractivity contribution in [1.29, 1.82) is 0 Å². The molecule has 0 radical (unpaired) electrons. The van der Waals surface area contributed by atoms with Crippen LogP contribution >= 0.6 is 0 Å². The van der Waals surface area contributed by atoms with Crippen molar-refractivity contribution in [1.82, 2.24) is 9.55 Å². The highest BCUT2D eigenvalue weighted by Crippen LogP contribution is 2.33. The molecule has 1 N–H and O–H groups in total. The molecule has 1 fully saturated rings. The predicted octanol–water partition coefficient (Wildman–Crippen LogP) is 4.71. The molecule has 0 saturated heterocycles. The molecule has 1 aromatic carbocycles. The molecule has 0 amide bonds. The van der Waals surface area contributed by atoms with Gasteiger partial charge in [0.1, 0.15) is 5.75 Å². The summed E-state index contributed by atoms with van der Waals surface area (Å²) in [6.07, 6.45) is 7.00. The first kappa shape index (κ1) is 19.8. The van der Waals surface area contributed by atoms with Gasteiger partial charge in [-0.25, -0.2) is 4.99 Å². The first-order valence-corrected chi connectivity index (χ1v) is 10.7. The Labute approximate surface area is 171 Å². The van der Waals surface area contributed by atoms with E-state index in [0.717, 1.165) is 30.5 Å². The molecule has 4 rings (SSSR count). The van der Waals surface area contributed by atoms with E-state index in [1.807, 2.05) is 19.1 Å². The van der Waals surface area contributed by atoms with Crippen molar-refractivity contribution in [2.75, 3.05) is 0 Å². The molecule has 1 aliphatic heterocycles. The van der Waals surface area contributed by atoms with E-state index in [1.54, 1.807) is 23.6 Å². The van der Waals surface area contributed by atoms with Crippen LogP contribution in [0.1, 0.15) is 69.6 Å². The Balaban J connectivity index is 1.65. The maximum absolute atomic E-state index is 13.2. The monoisotopic (exact) mass is 395 g/mol. The molecular formula is C23H29N3O3. The van der Waals surface area contributed by atoms with Crippen LogP contribution in [0, 0.1) is 5.92 Å². The molecule has 1 aromatic heterocycles. The summed E-state index contributed by atoms with van der Waals surface area (Å²) < 4.78 is 7.61. The summed E-state index contributed by atoms with van der Waals surface area (Å²) in [4.78, 5) is 22.6. The smallest absolute Gasteiger partial charge is 0.306 e. The minimum atomic E-state index is -0.534. The molecule has 0 bridgehead atoms. The number of rotatable bonds is 6. The topological polar surface area (TPSA) is 76.7 Å². The van der Waals surface area contributed by atoms with Crippen LogP contribution in [0.15, 0.2) is 34.1 Å². The molecule has 2 aromatic rings. The van der Waals surface area contributed by atoms with Gasteiger partial charge in [0.05, 0.1) is 11.7 Å². The molecule has 154 valence electrons. The Morgan fingerprint density at radius 3 is 2.59 bits per heavy atom. The van der Waals surface area contributed by atoms with Gasteiger partial charge in [-0.1, -0.05) is 38.3 Å². The summed E-state index contributed by atoms with van der Waals surface area (Å²) in [6, 6.07) is 7.49. The van der Waals surface area contributed by atoms with E-state index in [4.69, 9.17) is 9.73 Å². The van der Waals surface area contributed by atoms with Crippen LogP contribution in [0.3, 0.4) is 0 Å². The second-order valence-corrected chi connectivity index (χ2v) is 8.12. The standard InChI is InChI=1S/C23H29N3O3/c1-3-13-26-22(28)19-14-20(17-7-5-4-6-8-17)24-21(19)25-23(26)29-18-11-9-16(10-12-18)15(2)27/h9-12,15,17,27H,3-8,13-14H2,1-2H3. The number of nitrogens with zero attached hydrogens (tertiary/aromatic N) is 3. The summed E-state index contributed by atoms with van der Waals surface area (Å²) in [5, 5.41) is 9.68. The molecule has 6 heteroatoms. The van der Waals surface area contributed by atoms with Crippen LogP contribution in [-0.2, 0) is 13.0 Å². The first-order valence-electron chi connectivity index (χ1n) is 10.7. The predicted molar refractivity (Wildman–Crippen MR) is 113 cm³/mol. The van der Waals surface area contributed by atoms with Gasteiger partial charge in [0.25, 0.3) is 5.56 Å². The summed E-state index contributed by atoms with van der Waals surface area (Å²) >= 11 is 0. The number of ether oxygens (including phenoxy) is 1. The summed E-state index contributed by atoms with van der Waals surface area (Å²) in [5.74, 6) is 1.59. The van der Waals surface area contributed by atoms with Gasteiger partial charge in [0.2, 0.25) is 0 Å². The molecule has 1 atom stereocenters. The zero-order valence-electron chi connectivity index (χ0n) is 17.2. The van der Waals surface area contributed by atoms with Crippen molar-refractivity contribution in [2.45, 2.75) is 71.4 Å². The Bertz CT molecular complexity index is 955. The minimum Gasteiger partial charge on any atom is -0.425 e. The van der Waals surface area contributed by atoms with Crippen molar-refractivity contribution in [3.05, 3.63) is 45.7 Å². The fourth-order valence-corrected chi connectivity index (χ4v) is 4.26. The SMILES string of the molecule is CCCn1c(Oc2ccc(C(C)O)cc2)nc2c(c1=O)CC(C1CCCCC1)=N2. The molecule has 29 heavy (non-hydrogen) atoms. The van der Waals surface area contributed by atoms with Crippen LogP contribution in [0.25, 0.3) is 0 Å². The van der Waals surface area contributed by atoms with Gasteiger partial charge in [-0.15, -0.1) is 0 Å². The van der Waals surface area contributed by atoms with Gasteiger partial charge in [0, 0.05) is 18.7 Å². The van der Waals surface area contributed by atoms with Crippen LogP contribution < -0.4 is 10.3 Å². The van der Waals surface area contributed by atoms with Crippen molar-refractivity contribution in [3.63, 3.8) is 0 Å². The molecule has 1 saturated carbocycles. The Morgan fingerprint density at radius 1 is 1.21 bits per heavy atom. The molecule has 2 heterocycles. The lowest BCUT2D eigenvalue weighted by Gasteiger charge is -2.21. The highest BCUT2D eigenvalue weighted by atomic mass is 16.5. The van der Waals surface area contributed by atoms with Crippen LogP contribution in [-0.4, -0.2) is 20.4 Å². The molecule has 0 spiro atoms. The number of benzene rings is 1. The van der Waals surface area contributed by atoms with Crippen LogP contribution in [0.2, 0.25) is 0 Å². The van der Waals surface area contributed by atoms with E-state index in [0.29, 0.717) is 36.0 Å². The van der Waals surface area contributed by atoms with Gasteiger partial charge in [-0.2, -0.15) is 4.98 Å². The van der Waals surface area contributed by atoms with Gasteiger partial charge < -0.3 is 9.84 Å². The first-order chi connectivity index (χ1) is 14.1. The van der Waals surface area contributed by atoms with E-state index >= 15 is 0 Å². The van der Waals surface area contributed by atoms with Gasteiger partial charge in [-0.05, 0) is 49.8 Å². The van der Waals surface area contributed by atoms with Crippen LogP contribution in [0.5, 0.6) is 11.8 Å². The van der Waals surface area contributed by atoms with Crippen LogP contribution in [0.4, 0.5) is 5.82 Å². The van der Waals surface area contributed by atoms with Gasteiger partial charge >= 0.3 is 6.01 Å². The number of hydrogen-bond donors (Lipinski definition) is 1. The third kappa shape index (κ3) is 4.13. The average molecular weight is 396 g/mol. The third-order valence-corrected chi connectivity index (χ3v) is 5.91. The zero-order valence-corrected chi connectivity index (χ0v) is 17.2. The van der Waals surface area contributed by atoms with E-state index in [-0.39, 0.29) is 11.6 Å². The lowest BCUT2D eigenvalue weighted by atomic mass is 9.84. The fourth-order valence-electron chi connectivity index (χ4n) is 4.26.